The average molecular weight is 518 g/mol. The van der Waals surface area contributed by atoms with Crippen LogP contribution >= 0.6 is 0 Å². The van der Waals surface area contributed by atoms with Crippen LogP contribution in [0.1, 0.15) is 54.7 Å². The molecule has 4 aromatic carbocycles. The van der Waals surface area contributed by atoms with Crippen LogP contribution in [0.5, 0.6) is 0 Å². The second-order valence-corrected chi connectivity index (χ2v) is 10.6. The number of hydrogen-bond donors (Lipinski definition) is 0. The van der Waals surface area contributed by atoms with Gasteiger partial charge in [-0.05, 0) is 80.4 Å². The van der Waals surface area contributed by atoms with E-state index in [1.165, 1.54) is 46.1 Å². The minimum absolute atomic E-state index is 0.195. The van der Waals surface area contributed by atoms with Crippen LogP contribution in [-0.4, -0.2) is 36.5 Å². The molecule has 0 N–H and O–H groups in total. The van der Waals surface area contributed by atoms with Gasteiger partial charge in [0.15, 0.2) is 12.3 Å². The third-order valence-corrected chi connectivity index (χ3v) is 7.93. The lowest BCUT2D eigenvalue weighted by Gasteiger charge is -2.20. The first-order valence-corrected chi connectivity index (χ1v) is 13.7. The Hall–Kier alpha value is -4.18. The molecule has 0 amide bonds. The molecule has 4 heteroatoms. The minimum Gasteiger partial charge on any atom is -0.465 e. The molecular weight excluding hydrogens is 480 g/mol. The quantitative estimate of drug-likeness (QED) is 0.177. The van der Waals surface area contributed by atoms with Gasteiger partial charge in [-0.15, -0.1) is 0 Å². The van der Waals surface area contributed by atoms with Crippen LogP contribution in [0.15, 0.2) is 91.0 Å². The van der Waals surface area contributed by atoms with E-state index in [1.807, 2.05) is 24.3 Å². The van der Waals surface area contributed by atoms with E-state index in [1.54, 1.807) is 0 Å². The van der Waals surface area contributed by atoms with E-state index in [2.05, 4.69) is 110 Å². The Morgan fingerprint density at radius 1 is 0.872 bits per heavy atom. The number of methoxy groups -OCH3 is 1. The van der Waals surface area contributed by atoms with Gasteiger partial charge in [-0.2, -0.15) is 4.58 Å². The summed E-state index contributed by atoms with van der Waals surface area (Å²) in [6.45, 7) is 11.7. The summed E-state index contributed by atoms with van der Waals surface area (Å²) in [6.07, 6.45) is 4.51. The third-order valence-electron chi connectivity index (χ3n) is 7.93. The van der Waals surface area contributed by atoms with Crippen molar-refractivity contribution >= 4 is 39.9 Å². The summed E-state index contributed by atoms with van der Waals surface area (Å²) in [5.74, 6) is -0.317. The average Bonchev–Trinajstić information content (AvgIpc) is 3.18. The molecule has 0 aromatic heterocycles. The predicted molar refractivity (Wildman–Crippen MR) is 162 cm³/mol. The van der Waals surface area contributed by atoms with E-state index < -0.39 is 0 Å². The van der Waals surface area contributed by atoms with E-state index in [4.69, 9.17) is 4.74 Å². The van der Waals surface area contributed by atoms with Gasteiger partial charge in [0.05, 0.1) is 18.1 Å². The SMILES string of the molecule is CCN(CC)c1ccc(C=CC2=[N+](Cc3ccc(C(=O)OC)cc3)c3ccc4ccccc4c3C2(C)C)cc1. The van der Waals surface area contributed by atoms with Gasteiger partial charge in [0, 0.05) is 42.0 Å². The van der Waals surface area contributed by atoms with Gasteiger partial charge in [-0.25, -0.2) is 4.79 Å². The molecule has 0 aliphatic carbocycles. The van der Waals surface area contributed by atoms with E-state index >= 15 is 0 Å². The smallest absolute Gasteiger partial charge is 0.337 e. The van der Waals surface area contributed by atoms with Crippen LogP contribution in [0.3, 0.4) is 0 Å². The normalized spacial score (nSPS) is 14.2. The molecule has 198 valence electrons. The zero-order valence-corrected chi connectivity index (χ0v) is 23.6. The number of anilines is 1. The summed E-state index contributed by atoms with van der Waals surface area (Å²) >= 11 is 0. The molecule has 0 bridgehead atoms. The van der Waals surface area contributed by atoms with E-state index in [9.17, 15) is 4.79 Å². The topological polar surface area (TPSA) is 32.5 Å². The van der Waals surface area contributed by atoms with Gasteiger partial charge in [-0.1, -0.05) is 48.5 Å². The minimum atomic E-state index is -0.317. The summed E-state index contributed by atoms with van der Waals surface area (Å²) in [5, 5.41) is 2.54. The number of carbonyl (C=O) groups excluding carboxylic acids is 1. The lowest BCUT2D eigenvalue weighted by atomic mass is 9.79. The van der Waals surface area contributed by atoms with E-state index in [0.717, 1.165) is 18.7 Å². The number of hydrogen-bond acceptors (Lipinski definition) is 3. The highest BCUT2D eigenvalue weighted by molar-refractivity contribution is 6.09. The molecule has 1 heterocycles. The van der Waals surface area contributed by atoms with Crippen molar-refractivity contribution in [1.82, 2.24) is 0 Å². The summed E-state index contributed by atoms with van der Waals surface area (Å²) in [4.78, 5) is 14.3. The molecule has 0 saturated heterocycles. The molecule has 0 atom stereocenters. The molecule has 1 aliphatic heterocycles. The largest absolute Gasteiger partial charge is 0.465 e. The van der Waals surface area contributed by atoms with Crippen molar-refractivity contribution in [2.45, 2.75) is 39.7 Å². The lowest BCUT2D eigenvalue weighted by Crippen LogP contribution is -2.27. The molecule has 0 fully saturated rings. The van der Waals surface area contributed by atoms with Gasteiger partial charge in [0.2, 0.25) is 5.69 Å². The van der Waals surface area contributed by atoms with Crippen LogP contribution < -0.4 is 4.90 Å². The van der Waals surface area contributed by atoms with Crippen LogP contribution in [0.25, 0.3) is 16.8 Å². The fourth-order valence-corrected chi connectivity index (χ4v) is 5.81. The van der Waals surface area contributed by atoms with Crippen LogP contribution in [0.2, 0.25) is 0 Å². The highest BCUT2D eigenvalue weighted by Crippen LogP contribution is 2.44. The van der Waals surface area contributed by atoms with Gasteiger partial charge in [-0.3, -0.25) is 0 Å². The number of nitrogens with zero attached hydrogens (tertiary/aromatic N) is 2. The Balaban J connectivity index is 1.57. The second kappa shape index (κ2) is 10.9. The highest BCUT2D eigenvalue weighted by Gasteiger charge is 2.45. The number of fused-ring (bicyclic) bond motifs is 3. The Morgan fingerprint density at radius 2 is 1.56 bits per heavy atom. The van der Waals surface area contributed by atoms with Crippen molar-refractivity contribution in [2.75, 3.05) is 25.1 Å². The molecule has 39 heavy (non-hydrogen) atoms. The van der Waals surface area contributed by atoms with Gasteiger partial charge in [0.25, 0.3) is 0 Å². The van der Waals surface area contributed by atoms with Crippen molar-refractivity contribution in [2.24, 2.45) is 0 Å². The molecule has 0 radical (unpaired) electrons. The lowest BCUT2D eigenvalue weighted by molar-refractivity contribution is -0.454. The van der Waals surface area contributed by atoms with Crippen molar-refractivity contribution in [3.8, 4) is 0 Å². The van der Waals surface area contributed by atoms with Crippen molar-refractivity contribution in [1.29, 1.82) is 0 Å². The fraction of sp³-hybridized carbons (Fsp3) is 0.257. The summed E-state index contributed by atoms with van der Waals surface area (Å²) < 4.78 is 7.31. The molecular formula is C35H37N2O2+. The fourth-order valence-electron chi connectivity index (χ4n) is 5.81. The first-order valence-electron chi connectivity index (χ1n) is 13.7. The van der Waals surface area contributed by atoms with Gasteiger partial charge in [0.1, 0.15) is 0 Å². The van der Waals surface area contributed by atoms with Crippen molar-refractivity contribution in [3.05, 3.63) is 113 Å². The predicted octanol–water partition coefficient (Wildman–Crippen LogP) is 7.76. The molecule has 0 saturated carbocycles. The zero-order valence-electron chi connectivity index (χ0n) is 23.6. The number of carbonyl (C=O) groups is 1. The molecule has 4 nitrogen and oxygen atoms in total. The first kappa shape index (κ1) is 26.4. The number of benzene rings is 4. The molecule has 1 aliphatic rings. The van der Waals surface area contributed by atoms with Crippen LogP contribution in [0, 0.1) is 0 Å². The third kappa shape index (κ3) is 4.99. The number of ether oxygens (including phenoxy) is 1. The standard InChI is InChI=1S/C35H37N2O2/c1-6-36(7-2)29-20-14-25(15-21-29)16-23-32-35(3,4)33-30-11-9-8-10-27(30)19-22-31(33)37(32)24-26-12-17-28(18-13-26)34(38)39-5/h8-23H,6-7,24H2,1-5H3/q+1. The van der Waals surface area contributed by atoms with E-state index in [0.29, 0.717) is 12.1 Å². The molecule has 5 rings (SSSR count). The zero-order chi connectivity index (χ0) is 27.6. The monoisotopic (exact) mass is 517 g/mol. The molecule has 0 unspecified atom stereocenters. The van der Waals surface area contributed by atoms with Crippen LogP contribution in [-0.2, 0) is 16.7 Å². The number of allylic oxidation sites excluding steroid dienone is 1. The van der Waals surface area contributed by atoms with Crippen molar-refractivity contribution < 1.29 is 14.1 Å². The molecule has 0 spiro atoms. The maximum absolute atomic E-state index is 12.0. The summed E-state index contributed by atoms with van der Waals surface area (Å²) in [5.41, 5.74) is 7.76. The summed E-state index contributed by atoms with van der Waals surface area (Å²) in [7, 11) is 1.41. The Kier molecular flexibility index (Phi) is 7.38. The number of rotatable bonds is 8. The summed E-state index contributed by atoms with van der Waals surface area (Å²) in [6, 6.07) is 29.7. The Labute approximate surface area is 231 Å². The Morgan fingerprint density at radius 3 is 2.23 bits per heavy atom. The molecule has 4 aromatic rings. The van der Waals surface area contributed by atoms with Gasteiger partial charge >= 0.3 is 5.97 Å². The Bertz CT molecular complexity index is 1560. The van der Waals surface area contributed by atoms with Crippen molar-refractivity contribution in [3.63, 3.8) is 0 Å². The maximum atomic E-state index is 12.0. The van der Waals surface area contributed by atoms with Gasteiger partial charge < -0.3 is 9.64 Å². The maximum Gasteiger partial charge on any atom is 0.337 e. The highest BCUT2D eigenvalue weighted by atomic mass is 16.5. The van der Waals surface area contributed by atoms with E-state index in [-0.39, 0.29) is 11.4 Å². The first-order chi connectivity index (χ1) is 18.9. The second-order valence-electron chi connectivity index (χ2n) is 10.6. The number of esters is 1. The van der Waals surface area contributed by atoms with Crippen LogP contribution in [0.4, 0.5) is 11.4 Å².